The zero-order chi connectivity index (χ0) is 21.2. The van der Waals surface area contributed by atoms with Crippen molar-refractivity contribution < 1.29 is 27.1 Å². The Kier molecular flexibility index (Phi) is 6.00. The van der Waals surface area contributed by atoms with E-state index in [9.17, 15) is 22.4 Å². The predicted molar refractivity (Wildman–Crippen MR) is 104 cm³/mol. The normalized spacial score (nSPS) is 15.4. The Morgan fingerprint density at radius 2 is 1.93 bits per heavy atom. The predicted octanol–water partition coefficient (Wildman–Crippen LogP) is 5.84. The van der Waals surface area contributed by atoms with E-state index >= 15 is 0 Å². The van der Waals surface area contributed by atoms with Crippen molar-refractivity contribution in [3.8, 4) is 17.6 Å². The third-order valence-electron chi connectivity index (χ3n) is 3.66. The van der Waals surface area contributed by atoms with Gasteiger partial charge in [0.2, 0.25) is 0 Å². The number of carbonyl (C=O) groups is 1. The van der Waals surface area contributed by atoms with Gasteiger partial charge in [0.1, 0.15) is 10.1 Å². The molecule has 0 unspecified atom stereocenters. The topological polar surface area (TPSA) is 62.4 Å². The Bertz CT molecular complexity index is 1090. The SMILES string of the molecule is CSC1=NC(=O)C(=Cc2ccc(Oc3ccc(C#N)cc3C(F)(F)F)c(F)c2)S1. The van der Waals surface area contributed by atoms with Gasteiger partial charge in [-0.3, -0.25) is 4.79 Å². The van der Waals surface area contributed by atoms with Gasteiger partial charge in [-0.05, 0) is 48.2 Å². The van der Waals surface area contributed by atoms with Crippen LogP contribution >= 0.6 is 23.5 Å². The zero-order valence-electron chi connectivity index (χ0n) is 14.6. The summed E-state index contributed by atoms with van der Waals surface area (Å²) in [5.74, 6) is -2.39. The number of ether oxygens (including phenoxy) is 1. The summed E-state index contributed by atoms with van der Waals surface area (Å²) in [4.78, 5) is 15.9. The second-order valence-corrected chi connectivity index (χ2v) is 7.69. The van der Waals surface area contributed by atoms with Gasteiger partial charge in [0.15, 0.2) is 11.6 Å². The lowest BCUT2D eigenvalue weighted by Crippen LogP contribution is -2.08. The van der Waals surface area contributed by atoms with Crippen LogP contribution in [0, 0.1) is 17.1 Å². The van der Waals surface area contributed by atoms with E-state index < -0.39 is 35.0 Å². The first-order valence-electron chi connectivity index (χ1n) is 7.86. The Morgan fingerprint density at radius 1 is 1.21 bits per heavy atom. The third-order valence-corrected chi connectivity index (χ3v) is 5.63. The van der Waals surface area contributed by atoms with Crippen LogP contribution in [0.3, 0.4) is 0 Å². The summed E-state index contributed by atoms with van der Waals surface area (Å²) in [5.41, 5.74) is -1.05. The van der Waals surface area contributed by atoms with Gasteiger partial charge >= 0.3 is 6.18 Å². The molecule has 2 aromatic rings. The maximum atomic E-state index is 14.4. The minimum atomic E-state index is -4.78. The molecule has 3 rings (SSSR count). The van der Waals surface area contributed by atoms with Crippen LogP contribution < -0.4 is 4.74 Å². The number of nitriles is 1. The standard InChI is InChI=1S/C19H10F4N2O2S2/c1-28-18-25-17(26)16(29-18)8-10-2-5-15(13(20)7-10)27-14-4-3-11(9-24)6-12(14)19(21,22)23/h2-8H,1H3. The molecule has 0 atom stereocenters. The molecular weight excluding hydrogens is 428 g/mol. The number of aliphatic imine (C=N–C) groups is 1. The molecule has 0 aliphatic carbocycles. The van der Waals surface area contributed by atoms with Crippen LogP contribution in [0.25, 0.3) is 6.08 Å². The minimum Gasteiger partial charge on any atom is -0.454 e. The smallest absolute Gasteiger partial charge is 0.420 e. The van der Waals surface area contributed by atoms with Crippen LogP contribution in [0.4, 0.5) is 17.6 Å². The Morgan fingerprint density at radius 3 is 2.52 bits per heavy atom. The van der Waals surface area contributed by atoms with Crippen molar-refractivity contribution in [1.29, 1.82) is 5.26 Å². The van der Waals surface area contributed by atoms with Gasteiger partial charge in [0.05, 0.1) is 22.1 Å². The molecule has 1 amide bonds. The molecule has 0 spiro atoms. The molecule has 2 aromatic carbocycles. The van der Waals surface area contributed by atoms with Gasteiger partial charge in [-0.15, -0.1) is 11.8 Å². The maximum Gasteiger partial charge on any atom is 0.420 e. The van der Waals surface area contributed by atoms with Crippen molar-refractivity contribution in [3.63, 3.8) is 0 Å². The van der Waals surface area contributed by atoms with Crippen molar-refractivity contribution in [1.82, 2.24) is 0 Å². The fraction of sp³-hybridized carbons (Fsp3) is 0.105. The number of halogens is 4. The third kappa shape index (κ3) is 4.81. The quantitative estimate of drug-likeness (QED) is 0.445. The van der Waals surface area contributed by atoms with Crippen LogP contribution in [0.15, 0.2) is 46.3 Å². The fourth-order valence-corrected chi connectivity index (χ4v) is 3.77. The van der Waals surface area contributed by atoms with E-state index in [-0.39, 0.29) is 5.56 Å². The molecule has 0 fully saturated rings. The molecule has 0 saturated carbocycles. The van der Waals surface area contributed by atoms with E-state index in [0.29, 0.717) is 20.9 Å². The van der Waals surface area contributed by atoms with Crippen LogP contribution in [-0.4, -0.2) is 16.5 Å². The Hall–Kier alpha value is -2.77. The summed E-state index contributed by atoms with van der Waals surface area (Å²) in [6.45, 7) is 0. The van der Waals surface area contributed by atoms with Crippen molar-refractivity contribution in [2.24, 2.45) is 4.99 Å². The number of carbonyl (C=O) groups excluding carboxylic acids is 1. The van der Waals surface area contributed by atoms with Crippen molar-refractivity contribution in [3.05, 3.63) is 63.8 Å². The van der Waals surface area contributed by atoms with Gasteiger partial charge in [-0.1, -0.05) is 17.8 Å². The number of alkyl halides is 3. The Balaban J connectivity index is 1.88. The molecule has 148 valence electrons. The second-order valence-electron chi connectivity index (χ2n) is 5.61. The second kappa shape index (κ2) is 8.31. The average molecular weight is 438 g/mol. The average Bonchev–Trinajstić information content (AvgIpc) is 3.03. The van der Waals surface area contributed by atoms with Crippen LogP contribution in [-0.2, 0) is 11.0 Å². The van der Waals surface area contributed by atoms with Crippen LogP contribution in [0.1, 0.15) is 16.7 Å². The largest absolute Gasteiger partial charge is 0.454 e. The molecule has 1 heterocycles. The summed E-state index contributed by atoms with van der Waals surface area (Å²) in [7, 11) is 0. The van der Waals surface area contributed by atoms with E-state index in [2.05, 4.69) is 4.99 Å². The summed E-state index contributed by atoms with van der Waals surface area (Å²) >= 11 is 2.46. The highest BCUT2D eigenvalue weighted by molar-refractivity contribution is 8.40. The van der Waals surface area contributed by atoms with Crippen LogP contribution in [0.2, 0.25) is 0 Å². The first-order chi connectivity index (χ1) is 13.7. The van der Waals surface area contributed by atoms with Gasteiger partial charge in [-0.2, -0.15) is 23.4 Å². The minimum absolute atomic E-state index is 0.197. The zero-order valence-corrected chi connectivity index (χ0v) is 16.2. The molecule has 4 nitrogen and oxygen atoms in total. The molecule has 1 aliphatic rings. The van der Waals surface area contributed by atoms with E-state index in [1.807, 2.05) is 0 Å². The summed E-state index contributed by atoms with van der Waals surface area (Å²) in [5, 5.41) is 8.79. The molecule has 0 N–H and O–H groups in total. The molecule has 1 aliphatic heterocycles. The van der Waals surface area contributed by atoms with Gasteiger partial charge in [0.25, 0.3) is 5.91 Å². The van der Waals surface area contributed by atoms with E-state index in [4.69, 9.17) is 10.00 Å². The first-order valence-corrected chi connectivity index (χ1v) is 9.90. The monoisotopic (exact) mass is 438 g/mol. The van der Waals surface area contributed by atoms with Crippen molar-refractivity contribution >= 4 is 39.9 Å². The number of thioether (sulfide) groups is 2. The lowest BCUT2D eigenvalue weighted by molar-refractivity contribution is -0.138. The number of hydrogen-bond acceptors (Lipinski definition) is 5. The molecule has 0 radical (unpaired) electrons. The van der Waals surface area contributed by atoms with Gasteiger partial charge < -0.3 is 4.74 Å². The first kappa shape index (κ1) is 21.0. The number of nitrogens with zero attached hydrogens (tertiary/aromatic N) is 2. The highest BCUT2D eigenvalue weighted by atomic mass is 32.2. The van der Waals surface area contributed by atoms with E-state index in [1.165, 1.54) is 30.0 Å². The molecule has 0 saturated heterocycles. The summed E-state index contributed by atoms with van der Waals surface area (Å²) in [6.07, 6.45) is -1.57. The van der Waals surface area contributed by atoms with Gasteiger partial charge in [-0.25, -0.2) is 4.39 Å². The maximum absolute atomic E-state index is 14.4. The lowest BCUT2D eigenvalue weighted by Gasteiger charge is -2.14. The van der Waals surface area contributed by atoms with E-state index in [1.54, 1.807) is 12.3 Å². The lowest BCUT2D eigenvalue weighted by atomic mass is 10.1. The van der Waals surface area contributed by atoms with Gasteiger partial charge in [0, 0.05) is 0 Å². The highest BCUT2D eigenvalue weighted by Crippen LogP contribution is 2.39. The molecule has 10 heteroatoms. The van der Waals surface area contributed by atoms with Crippen LogP contribution in [0.5, 0.6) is 11.5 Å². The molecular formula is C19H10F4N2O2S2. The number of benzene rings is 2. The summed E-state index contributed by atoms with van der Waals surface area (Å²) in [6, 6.07) is 7.99. The number of amides is 1. The van der Waals surface area contributed by atoms with E-state index in [0.717, 1.165) is 30.0 Å². The molecule has 0 aromatic heterocycles. The highest BCUT2D eigenvalue weighted by Gasteiger charge is 2.35. The summed E-state index contributed by atoms with van der Waals surface area (Å²) < 4.78 is 59.8. The number of hydrogen-bond donors (Lipinski definition) is 0. The Labute approximate surface area is 171 Å². The van der Waals surface area contributed by atoms with Crippen molar-refractivity contribution in [2.45, 2.75) is 6.18 Å². The fourth-order valence-electron chi connectivity index (χ4n) is 2.35. The van der Waals surface area contributed by atoms with Crippen molar-refractivity contribution in [2.75, 3.05) is 6.26 Å². The molecule has 0 bridgehead atoms. The number of rotatable bonds is 3. The molecule has 29 heavy (non-hydrogen) atoms.